The van der Waals surface area contributed by atoms with Gasteiger partial charge in [0.2, 0.25) is 0 Å². The number of unbranched alkanes of at least 4 members (excludes halogenated alkanes) is 2. The predicted octanol–water partition coefficient (Wildman–Crippen LogP) is 3.60. The summed E-state index contributed by atoms with van der Waals surface area (Å²) in [6.07, 6.45) is 7.81. The summed E-state index contributed by atoms with van der Waals surface area (Å²) in [6, 6.07) is 7.98. The van der Waals surface area contributed by atoms with Crippen molar-refractivity contribution in [2.45, 2.75) is 19.3 Å². The summed E-state index contributed by atoms with van der Waals surface area (Å²) >= 11 is 3.40. The smallest absolute Gasteiger partial charge is 0.0256 e. The standard InChI is InChI=1S/C13H11Br/c1-2-3-4-5-6-8-12-9-7-10-13(14)11-12/h1,7,9-11H,3-5H2. The fourth-order valence-electron chi connectivity index (χ4n) is 1.01. The highest BCUT2D eigenvalue weighted by molar-refractivity contribution is 9.10. The average molecular weight is 247 g/mol. The van der Waals surface area contributed by atoms with Gasteiger partial charge < -0.3 is 0 Å². The lowest BCUT2D eigenvalue weighted by Crippen LogP contribution is -1.74. The molecule has 0 radical (unpaired) electrons. The zero-order valence-corrected chi connectivity index (χ0v) is 9.47. The third-order valence-electron chi connectivity index (χ3n) is 1.68. The molecule has 0 aliphatic rings. The van der Waals surface area contributed by atoms with Gasteiger partial charge in [0.05, 0.1) is 0 Å². The van der Waals surface area contributed by atoms with E-state index in [1.54, 1.807) is 0 Å². The molecule has 1 rings (SSSR count). The molecule has 70 valence electrons. The molecule has 1 aromatic carbocycles. The molecule has 0 unspecified atom stereocenters. The molecule has 14 heavy (non-hydrogen) atoms. The summed E-state index contributed by atoms with van der Waals surface area (Å²) in [6.45, 7) is 0. The zero-order chi connectivity index (χ0) is 10.2. The van der Waals surface area contributed by atoms with Crippen LogP contribution in [0.4, 0.5) is 0 Å². The Labute approximate surface area is 93.9 Å². The van der Waals surface area contributed by atoms with E-state index in [1.807, 2.05) is 24.3 Å². The molecule has 0 bridgehead atoms. The van der Waals surface area contributed by atoms with Gasteiger partial charge >= 0.3 is 0 Å². The van der Waals surface area contributed by atoms with E-state index in [9.17, 15) is 0 Å². The van der Waals surface area contributed by atoms with E-state index in [0.29, 0.717) is 0 Å². The maximum atomic E-state index is 5.14. The molecular weight excluding hydrogens is 236 g/mol. The van der Waals surface area contributed by atoms with Crippen molar-refractivity contribution < 1.29 is 0 Å². The second kappa shape index (κ2) is 6.30. The van der Waals surface area contributed by atoms with Crippen molar-refractivity contribution in [3.05, 3.63) is 34.3 Å². The Hall–Kier alpha value is -1.18. The molecule has 0 saturated heterocycles. The summed E-state index contributed by atoms with van der Waals surface area (Å²) < 4.78 is 1.06. The molecule has 0 spiro atoms. The summed E-state index contributed by atoms with van der Waals surface area (Å²) in [7, 11) is 0. The lowest BCUT2D eigenvalue weighted by molar-refractivity contribution is 0.904. The molecule has 0 atom stereocenters. The van der Waals surface area contributed by atoms with Crippen LogP contribution in [-0.2, 0) is 0 Å². The van der Waals surface area contributed by atoms with Crippen LogP contribution in [0.3, 0.4) is 0 Å². The van der Waals surface area contributed by atoms with Gasteiger partial charge in [-0.1, -0.05) is 33.8 Å². The summed E-state index contributed by atoms with van der Waals surface area (Å²) in [5.74, 6) is 8.79. The topological polar surface area (TPSA) is 0 Å². The van der Waals surface area contributed by atoms with Crippen molar-refractivity contribution in [2.24, 2.45) is 0 Å². The Kier molecular flexibility index (Phi) is 4.90. The van der Waals surface area contributed by atoms with E-state index in [-0.39, 0.29) is 0 Å². The molecule has 1 aromatic rings. The zero-order valence-electron chi connectivity index (χ0n) is 7.89. The van der Waals surface area contributed by atoms with Crippen LogP contribution in [-0.4, -0.2) is 0 Å². The van der Waals surface area contributed by atoms with Crippen molar-refractivity contribution in [1.29, 1.82) is 0 Å². The molecule has 0 N–H and O–H groups in total. The molecular formula is C13H11Br. The fraction of sp³-hybridized carbons (Fsp3) is 0.231. The monoisotopic (exact) mass is 246 g/mol. The molecule has 0 amide bonds. The Balaban J connectivity index is 2.48. The minimum absolute atomic E-state index is 0.813. The Morgan fingerprint density at radius 3 is 2.86 bits per heavy atom. The largest absolute Gasteiger partial charge is 0.120 e. The van der Waals surface area contributed by atoms with Crippen molar-refractivity contribution in [1.82, 2.24) is 0 Å². The Morgan fingerprint density at radius 2 is 2.14 bits per heavy atom. The summed E-state index contributed by atoms with van der Waals surface area (Å²) in [5, 5.41) is 0. The van der Waals surface area contributed by atoms with Crippen LogP contribution < -0.4 is 0 Å². The lowest BCUT2D eigenvalue weighted by Gasteiger charge is -1.90. The predicted molar refractivity (Wildman–Crippen MR) is 63.7 cm³/mol. The van der Waals surface area contributed by atoms with E-state index >= 15 is 0 Å². The molecule has 0 nitrogen and oxygen atoms in total. The van der Waals surface area contributed by atoms with Crippen molar-refractivity contribution in [3.8, 4) is 24.2 Å². The van der Waals surface area contributed by atoms with Gasteiger partial charge in [0, 0.05) is 22.9 Å². The van der Waals surface area contributed by atoms with Crippen LogP contribution in [0.2, 0.25) is 0 Å². The second-order valence-electron chi connectivity index (χ2n) is 2.87. The van der Waals surface area contributed by atoms with Crippen LogP contribution >= 0.6 is 15.9 Å². The first-order chi connectivity index (χ1) is 6.83. The number of halogens is 1. The fourth-order valence-corrected chi connectivity index (χ4v) is 1.41. The summed E-state index contributed by atoms with van der Waals surface area (Å²) in [4.78, 5) is 0. The van der Waals surface area contributed by atoms with Gasteiger partial charge in [0.15, 0.2) is 0 Å². The van der Waals surface area contributed by atoms with Crippen molar-refractivity contribution in [3.63, 3.8) is 0 Å². The number of hydrogen-bond acceptors (Lipinski definition) is 0. The van der Waals surface area contributed by atoms with Crippen LogP contribution in [0, 0.1) is 24.2 Å². The van der Waals surface area contributed by atoms with Crippen molar-refractivity contribution in [2.75, 3.05) is 0 Å². The first-order valence-corrected chi connectivity index (χ1v) is 5.30. The highest BCUT2D eigenvalue weighted by Crippen LogP contribution is 2.10. The van der Waals surface area contributed by atoms with Gasteiger partial charge in [-0.15, -0.1) is 12.3 Å². The third-order valence-corrected chi connectivity index (χ3v) is 2.17. The van der Waals surface area contributed by atoms with Crippen molar-refractivity contribution >= 4 is 15.9 Å². The van der Waals surface area contributed by atoms with Gasteiger partial charge in [-0.05, 0) is 24.6 Å². The van der Waals surface area contributed by atoms with Gasteiger partial charge in [-0.2, -0.15) is 0 Å². The third kappa shape index (κ3) is 4.17. The van der Waals surface area contributed by atoms with E-state index in [0.717, 1.165) is 29.3 Å². The first kappa shape index (κ1) is 10.9. The Bertz CT molecular complexity index is 388. The van der Waals surface area contributed by atoms with Gasteiger partial charge in [-0.3, -0.25) is 0 Å². The maximum Gasteiger partial charge on any atom is 0.0256 e. The van der Waals surface area contributed by atoms with E-state index < -0.39 is 0 Å². The maximum absolute atomic E-state index is 5.14. The quantitative estimate of drug-likeness (QED) is 0.553. The van der Waals surface area contributed by atoms with E-state index in [4.69, 9.17) is 6.42 Å². The SMILES string of the molecule is C#CCCCC#Cc1cccc(Br)c1. The minimum atomic E-state index is 0.813. The van der Waals surface area contributed by atoms with Crippen LogP contribution in [0.1, 0.15) is 24.8 Å². The highest BCUT2D eigenvalue weighted by atomic mass is 79.9. The molecule has 0 fully saturated rings. The average Bonchev–Trinajstić information content (AvgIpc) is 2.18. The van der Waals surface area contributed by atoms with E-state index in [1.165, 1.54) is 0 Å². The van der Waals surface area contributed by atoms with Gasteiger partial charge in [0.1, 0.15) is 0 Å². The molecule has 0 saturated carbocycles. The van der Waals surface area contributed by atoms with Crippen LogP contribution in [0.15, 0.2) is 28.7 Å². The molecule has 1 heteroatoms. The number of benzene rings is 1. The highest BCUT2D eigenvalue weighted by Gasteiger charge is 1.87. The van der Waals surface area contributed by atoms with Gasteiger partial charge in [0.25, 0.3) is 0 Å². The minimum Gasteiger partial charge on any atom is -0.120 e. The molecule has 0 aliphatic heterocycles. The lowest BCUT2D eigenvalue weighted by atomic mass is 10.2. The molecule has 0 heterocycles. The van der Waals surface area contributed by atoms with Gasteiger partial charge in [-0.25, -0.2) is 0 Å². The number of terminal acetylenes is 1. The van der Waals surface area contributed by atoms with Crippen LogP contribution in [0.25, 0.3) is 0 Å². The van der Waals surface area contributed by atoms with Crippen LogP contribution in [0.5, 0.6) is 0 Å². The molecule has 0 aromatic heterocycles. The number of hydrogen-bond donors (Lipinski definition) is 0. The Morgan fingerprint density at radius 1 is 1.29 bits per heavy atom. The number of rotatable bonds is 2. The second-order valence-corrected chi connectivity index (χ2v) is 3.79. The first-order valence-electron chi connectivity index (χ1n) is 4.51. The van der Waals surface area contributed by atoms with E-state index in [2.05, 4.69) is 33.7 Å². The normalized spacial score (nSPS) is 8.57. The summed E-state index contributed by atoms with van der Waals surface area (Å²) in [5.41, 5.74) is 1.04. The molecule has 0 aliphatic carbocycles.